The van der Waals surface area contributed by atoms with Gasteiger partial charge in [-0.25, -0.2) is 0 Å². The smallest absolute Gasteiger partial charge is 0.236 e. The van der Waals surface area contributed by atoms with Gasteiger partial charge in [0.2, 0.25) is 5.91 Å². The van der Waals surface area contributed by atoms with Crippen LogP contribution >= 0.6 is 0 Å². The molecule has 1 aliphatic rings. The van der Waals surface area contributed by atoms with E-state index in [1.807, 2.05) is 11.9 Å². The number of hydrogen-bond donors (Lipinski definition) is 0. The lowest BCUT2D eigenvalue weighted by Gasteiger charge is -2.28. The summed E-state index contributed by atoms with van der Waals surface area (Å²) in [7, 11) is 1.99. The topological polar surface area (TPSA) is 40.6 Å². The molecule has 17 heavy (non-hydrogen) atoms. The van der Waals surface area contributed by atoms with Gasteiger partial charge in [-0.1, -0.05) is 19.8 Å². The molecule has 1 rings (SSSR count). The van der Waals surface area contributed by atoms with Crippen molar-refractivity contribution in [1.82, 2.24) is 9.80 Å². The molecular weight excluding hydrogens is 216 g/mol. The van der Waals surface area contributed by atoms with Crippen molar-refractivity contribution in [3.8, 4) is 0 Å². The number of piperidine rings is 1. The SMILES string of the molecule is CCCCCN(C)CC(=O)N1CCC(=O)CC1. The summed E-state index contributed by atoms with van der Waals surface area (Å²) in [4.78, 5) is 26.9. The number of unbranched alkanes of at least 4 members (excludes halogenated alkanes) is 2. The second-order valence-corrected chi connectivity index (χ2v) is 4.86. The number of nitrogens with zero attached hydrogens (tertiary/aromatic N) is 2. The Labute approximate surface area is 104 Å². The summed E-state index contributed by atoms with van der Waals surface area (Å²) in [6.07, 6.45) is 4.64. The lowest BCUT2D eigenvalue weighted by Crippen LogP contribution is -2.43. The van der Waals surface area contributed by atoms with Gasteiger partial charge in [-0.15, -0.1) is 0 Å². The zero-order valence-electron chi connectivity index (χ0n) is 11.1. The minimum atomic E-state index is 0.163. The number of likely N-dealkylation sites (N-methyl/N-ethyl adjacent to an activating group) is 1. The van der Waals surface area contributed by atoms with Crippen molar-refractivity contribution in [2.24, 2.45) is 0 Å². The molecule has 0 N–H and O–H groups in total. The van der Waals surface area contributed by atoms with Crippen molar-refractivity contribution in [2.45, 2.75) is 39.0 Å². The second kappa shape index (κ2) is 7.43. The molecule has 98 valence electrons. The van der Waals surface area contributed by atoms with Crippen molar-refractivity contribution in [3.05, 3.63) is 0 Å². The highest BCUT2D eigenvalue weighted by molar-refractivity contribution is 5.84. The molecular formula is C13H24N2O2. The normalized spacial score (nSPS) is 16.6. The zero-order chi connectivity index (χ0) is 12.7. The van der Waals surface area contributed by atoms with Crippen LogP contribution in [0.3, 0.4) is 0 Å². The van der Waals surface area contributed by atoms with Crippen LogP contribution in [-0.2, 0) is 9.59 Å². The Morgan fingerprint density at radius 2 is 1.94 bits per heavy atom. The summed E-state index contributed by atoms with van der Waals surface area (Å²) in [5.74, 6) is 0.446. The third-order valence-electron chi connectivity index (χ3n) is 3.22. The van der Waals surface area contributed by atoms with Crippen molar-refractivity contribution in [3.63, 3.8) is 0 Å². The van der Waals surface area contributed by atoms with Crippen molar-refractivity contribution < 1.29 is 9.59 Å². The molecule has 0 atom stereocenters. The number of rotatable bonds is 6. The maximum absolute atomic E-state index is 11.9. The first kappa shape index (κ1) is 14.2. The molecule has 0 aliphatic carbocycles. The van der Waals surface area contributed by atoms with Gasteiger partial charge in [0.25, 0.3) is 0 Å². The quantitative estimate of drug-likeness (QED) is 0.657. The van der Waals surface area contributed by atoms with E-state index in [1.54, 1.807) is 0 Å². The molecule has 1 aliphatic heterocycles. The fourth-order valence-corrected chi connectivity index (χ4v) is 2.05. The summed E-state index contributed by atoms with van der Waals surface area (Å²) >= 11 is 0. The lowest BCUT2D eigenvalue weighted by atomic mass is 10.1. The second-order valence-electron chi connectivity index (χ2n) is 4.86. The maximum atomic E-state index is 11.9. The maximum Gasteiger partial charge on any atom is 0.236 e. The van der Waals surface area contributed by atoms with Crippen LogP contribution in [0.5, 0.6) is 0 Å². The molecule has 0 spiro atoms. The van der Waals surface area contributed by atoms with Crippen LogP contribution in [-0.4, -0.2) is 54.7 Å². The minimum absolute atomic E-state index is 0.163. The number of amides is 1. The number of carbonyl (C=O) groups is 2. The van der Waals surface area contributed by atoms with Crippen LogP contribution in [0.25, 0.3) is 0 Å². The first-order chi connectivity index (χ1) is 8.13. The lowest BCUT2D eigenvalue weighted by molar-refractivity contribution is -0.135. The zero-order valence-corrected chi connectivity index (χ0v) is 11.1. The fourth-order valence-electron chi connectivity index (χ4n) is 2.05. The van der Waals surface area contributed by atoms with Gasteiger partial charge in [0, 0.05) is 25.9 Å². The molecule has 1 saturated heterocycles. The average molecular weight is 240 g/mol. The summed E-state index contributed by atoms with van der Waals surface area (Å²) in [5, 5.41) is 0. The molecule has 1 fully saturated rings. The molecule has 1 heterocycles. The third kappa shape index (κ3) is 5.31. The van der Waals surface area contributed by atoms with Gasteiger partial charge >= 0.3 is 0 Å². The fraction of sp³-hybridized carbons (Fsp3) is 0.846. The molecule has 0 aromatic carbocycles. The van der Waals surface area contributed by atoms with Crippen molar-refractivity contribution >= 4 is 11.7 Å². The molecule has 0 saturated carbocycles. The standard InChI is InChI=1S/C13H24N2O2/c1-3-4-5-8-14(2)11-13(17)15-9-6-12(16)7-10-15/h3-11H2,1-2H3. The van der Waals surface area contributed by atoms with Crippen LogP contribution in [0.4, 0.5) is 0 Å². The van der Waals surface area contributed by atoms with Crippen molar-refractivity contribution in [1.29, 1.82) is 0 Å². The Morgan fingerprint density at radius 3 is 2.53 bits per heavy atom. The molecule has 4 heteroatoms. The van der Waals surface area contributed by atoms with Gasteiger partial charge in [0.15, 0.2) is 0 Å². The number of carbonyl (C=O) groups excluding carboxylic acids is 2. The van der Waals surface area contributed by atoms with Crippen LogP contribution in [0.1, 0.15) is 39.0 Å². The predicted molar refractivity (Wildman–Crippen MR) is 67.8 cm³/mol. The summed E-state index contributed by atoms with van der Waals surface area (Å²) in [6, 6.07) is 0. The van der Waals surface area contributed by atoms with E-state index in [2.05, 4.69) is 11.8 Å². The number of ketones is 1. The first-order valence-electron chi connectivity index (χ1n) is 6.61. The molecule has 0 aromatic heterocycles. The highest BCUT2D eigenvalue weighted by Crippen LogP contribution is 2.06. The van der Waals surface area contributed by atoms with Crippen LogP contribution in [0.2, 0.25) is 0 Å². The Balaban J connectivity index is 2.21. The van der Waals surface area contributed by atoms with Gasteiger partial charge < -0.3 is 4.90 Å². The molecule has 0 bridgehead atoms. The van der Waals surface area contributed by atoms with E-state index in [0.717, 1.165) is 13.0 Å². The van der Waals surface area contributed by atoms with Crippen molar-refractivity contribution in [2.75, 3.05) is 33.2 Å². The van der Waals surface area contributed by atoms with Gasteiger partial charge in [-0.3, -0.25) is 14.5 Å². The highest BCUT2D eigenvalue weighted by Gasteiger charge is 2.21. The highest BCUT2D eigenvalue weighted by atomic mass is 16.2. The summed E-state index contributed by atoms with van der Waals surface area (Å²) in [5.41, 5.74) is 0. The molecule has 0 unspecified atom stereocenters. The van der Waals surface area contributed by atoms with Gasteiger partial charge in [-0.05, 0) is 20.0 Å². The number of hydrogen-bond acceptors (Lipinski definition) is 3. The third-order valence-corrected chi connectivity index (χ3v) is 3.22. The number of Topliss-reactive ketones (excluding diaryl/α,β-unsaturated/α-hetero) is 1. The Bertz CT molecular complexity index is 256. The monoisotopic (exact) mass is 240 g/mol. The largest absolute Gasteiger partial charge is 0.341 e. The Hall–Kier alpha value is -0.900. The van der Waals surface area contributed by atoms with E-state index in [4.69, 9.17) is 0 Å². The van der Waals surface area contributed by atoms with Gasteiger partial charge in [0.05, 0.1) is 6.54 Å². The van der Waals surface area contributed by atoms with Crippen LogP contribution in [0, 0.1) is 0 Å². The van der Waals surface area contributed by atoms with E-state index >= 15 is 0 Å². The van der Waals surface area contributed by atoms with E-state index < -0.39 is 0 Å². The summed E-state index contributed by atoms with van der Waals surface area (Å²) in [6.45, 7) is 4.86. The molecule has 1 amide bonds. The molecule has 4 nitrogen and oxygen atoms in total. The van der Waals surface area contributed by atoms with Gasteiger partial charge in [0.1, 0.15) is 5.78 Å². The Kier molecular flexibility index (Phi) is 6.19. The van der Waals surface area contributed by atoms with Gasteiger partial charge in [-0.2, -0.15) is 0 Å². The van der Waals surface area contributed by atoms with E-state index in [-0.39, 0.29) is 11.7 Å². The van der Waals surface area contributed by atoms with E-state index in [9.17, 15) is 9.59 Å². The number of likely N-dealkylation sites (tertiary alicyclic amines) is 1. The molecule has 0 radical (unpaired) electrons. The summed E-state index contributed by atoms with van der Waals surface area (Å²) < 4.78 is 0. The van der Waals surface area contributed by atoms with E-state index in [0.29, 0.717) is 32.5 Å². The van der Waals surface area contributed by atoms with Crippen LogP contribution < -0.4 is 0 Å². The average Bonchev–Trinajstić information content (AvgIpc) is 2.30. The predicted octanol–water partition coefficient (Wildman–Crippen LogP) is 1.30. The van der Waals surface area contributed by atoms with Crippen LogP contribution in [0.15, 0.2) is 0 Å². The van der Waals surface area contributed by atoms with E-state index in [1.165, 1.54) is 12.8 Å². The minimum Gasteiger partial charge on any atom is -0.341 e. The first-order valence-corrected chi connectivity index (χ1v) is 6.61. The Morgan fingerprint density at radius 1 is 1.29 bits per heavy atom. The molecule has 0 aromatic rings.